The summed E-state index contributed by atoms with van der Waals surface area (Å²) in [4.78, 5) is 30.7. The van der Waals surface area contributed by atoms with Crippen LogP contribution in [0.25, 0.3) is 0 Å². The smallest absolute Gasteiger partial charge is 0.354 e. The summed E-state index contributed by atoms with van der Waals surface area (Å²) in [6.07, 6.45) is 1.14. The minimum atomic E-state index is -0.646. The molecule has 0 unspecified atom stereocenters. The van der Waals surface area contributed by atoms with E-state index in [1.165, 1.54) is 14.2 Å². The Labute approximate surface area is 148 Å². The molecule has 0 aliphatic carbocycles. The van der Waals surface area contributed by atoms with Crippen LogP contribution in [0.5, 0.6) is 5.75 Å². The molecular weight excluding hydrogens is 344 g/mol. The van der Waals surface area contributed by atoms with Crippen molar-refractivity contribution in [1.82, 2.24) is 15.4 Å². The standard InChI is InChI=1S/C15H18N6O5/c1-25-8-7-16-13-12(21(23)24)14(18-9-17-13)19-20-15(22)10-5-3-4-6-11(10)26-2/h3-6,9H,7-8H2,1-2H3,(H,20,22)(H2,16,17,18,19). The summed E-state index contributed by atoms with van der Waals surface area (Å²) in [5, 5.41) is 14.2. The molecule has 0 fully saturated rings. The molecule has 1 heterocycles. The van der Waals surface area contributed by atoms with Crippen molar-refractivity contribution in [3.8, 4) is 5.75 Å². The fourth-order valence-electron chi connectivity index (χ4n) is 2.06. The summed E-state index contributed by atoms with van der Waals surface area (Å²) in [6, 6.07) is 6.57. The van der Waals surface area contributed by atoms with Crippen LogP contribution in [-0.2, 0) is 4.74 Å². The van der Waals surface area contributed by atoms with E-state index in [-0.39, 0.29) is 17.2 Å². The SMILES string of the molecule is COCCNc1ncnc(NNC(=O)c2ccccc2OC)c1[N+](=O)[O-]. The number of benzene rings is 1. The molecule has 0 aliphatic rings. The van der Waals surface area contributed by atoms with E-state index in [4.69, 9.17) is 9.47 Å². The maximum atomic E-state index is 12.3. The van der Waals surface area contributed by atoms with Gasteiger partial charge in [-0.25, -0.2) is 9.97 Å². The average molecular weight is 362 g/mol. The Morgan fingerprint density at radius 2 is 1.96 bits per heavy atom. The van der Waals surface area contributed by atoms with E-state index in [0.717, 1.165) is 6.33 Å². The quantitative estimate of drug-likeness (QED) is 0.341. The summed E-state index contributed by atoms with van der Waals surface area (Å²) in [5.74, 6) is -0.320. The predicted octanol–water partition coefficient (Wildman–Crippen LogP) is 1.21. The maximum absolute atomic E-state index is 12.3. The zero-order valence-corrected chi connectivity index (χ0v) is 14.2. The van der Waals surface area contributed by atoms with Gasteiger partial charge in [-0.1, -0.05) is 12.1 Å². The first kappa shape index (κ1) is 18.9. The molecule has 11 heteroatoms. The Hall–Kier alpha value is -3.47. The lowest BCUT2D eigenvalue weighted by molar-refractivity contribution is -0.383. The van der Waals surface area contributed by atoms with Crippen molar-refractivity contribution in [2.45, 2.75) is 0 Å². The first-order valence-electron chi connectivity index (χ1n) is 7.50. The van der Waals surface area contributed by atoms with Gasteiger partial charge in [0.05, 0.1) is 24.2 Å². The number of rotatable bonds is 9. The molecule has 26 heavy (non-hydrogen) atoms. The van der Waals surface area contributed by atoms with Crippen LogP contribution in [0.4, 0.5) is 17.3 Å². The number of aromatic nitrogens is 2. The third kappa shape index (κ3) is 4.54. The van der Waals surface area contributed by atoms with Crippen LogP contribution in [0.1, 0.15) is 10.4 Å². The highest BCUT2D eigenvalue weighted by atomic mass is 16.6. The van der Waals surface area contributed by atoms with Gasteiger partial charge in [-0.05, 0) is 12.1 Å². The van der Waals surface area contributed by atoms with Crippen LogP contribution >= 0.6 is 0 Å². The van der Waals surface area contributed by atoms with Crippen LogP contribution in [0, 0.1) is 10.1 Å². The molecule has 1 amide bonds. The Bertz CT molecular complexity index is 785. The molecule has 0 spiro atoms. The monoisotopic (exact) mass is 362 g/mol. The first-order chi connectivity index (χ1) is 12.6. The van der Waals surface area contributed by atoms with Crippen molar-refractivity contribution < 1.29 is 19.2 Å². The number of amides is 1. The number of anilines is 2. The van der Waals surface area contributed by atoms with Gasteiger partial charge in [-0.2, -0.15) is 0 Å². The lowest BCUT2D eigenvalue weighted by Gasteiger charge is -2.12. The van der Waals surface area contributed by atoms with Crippen LogP contribution in [0.3, 0.4) is 0 Å². The zero-order valence-electron chi connectivity index (χ0n) is 14.2. The van der Waals surface area contributed by atoms with E-state index in [1.807, 2.05) is 0 Å². The fourth-order valence-corrected chi connectivity index (χ4v) is 2.06. The molecule has 0 saturated carbocycles. The van der Waals surface area contributed by atoms with Gasteiger partial charge >= 0.3 is 5.69 Å². The summed E-state index contributed by atoms with van der Waals surface area (Å²) in [7, 11) is 2.95. The maximum Gasteiger partial charge on any atom is 0.354 e. The molecule has 2 rings (SSSR count). The van der Waals surface area contributed by atoms with Crippen LogP contribution in [0.2, 0.25) is 0 Å². The number of hydrogen-bond acceptors (Lipinski definition) is 9. The normalized spacial score (nSPS) is 10.1. The summed E-state index contributed by atoms with van der Waals surface area (Å²) < 4.78 is 9.99. The number of nitrogens with zero attached hydrogens (tertiary/aromatic N) is 3. The fraction of sp³-hybridized carbons (Fsp3) is 0.267. The van der Waals surface area contributed by atoms with Crippen molar-refractivity contribution in [1.29, 1.82) is 0 Å². The summed E-state index contributed by atoms with van der Waals surface area (Å²) in [6.45, 7) is 0.663. The number of para-hydroxylation sites is 1. The van der Waals surface area contributed by atoms with Gasteiger partial charge in [-0.3, -0.25) is 25.8 Å². The van der Waals surface area contributed by atoms with Gasteiger partial charge in [0.1, 0.15) is 12.1 Å². The minimum absolute atomic E-state index is 0.0103. The van der Waals surface area contributed by atoms with Crippen molar-refractivity contribution in [3.63, 3.8) is 0 Å². The Kier molecular flexibility index (Phi) is 6.62. The van der Waals surface area contributed by atoms with Crippen molar-refractivity contribution in [2.75, 3.05) is 38.1 Å². The van der Waals surface area contributed by atoms with E-state index < -0.39 is 16.5 Å². The molecule has 0 aliphatic heterocycles. The number of methoxy groups -OCH3 is 2. The molecular formula is C15H18N6O5. The number of nitro groups is 1. The van der Waals surface area contributed by atoms with E-state index in [0.29, 0.717) is 18.9 Å². The molecule has 3 N–H and O–H groups in total. The molecule has 0 radical (unpaired) electrons. The van der Waals surface area contributed by atoms with Crippen molar-refractivity contribution >= 4 is 23.2 Å². The Morgan fingerprint density at radius 1 is 1.23 bits per heavy atom. The Balaban J connectivity index is 2.17. The van der Waals surface area contributed by atoms with Crippen molar-refractivity contribution in [2.24, 2.45) is 0 Å². The first-order valence-corrected chi connectivity index (χ1v) is 7.50. The molecule has 1 aromatic carbocycles. The summed E-state index contributed by atoms with van der Waals surface area (Å²) >= 11 is 0. The number of hydrogen-bond donors (Lipinski definition) is 3. The average Bonchev–Trinajstić information content (AvgIpc) is 2.66. The van der Waals surface area contributed by atoms with Crippen LogP contribution in [0.15, 0.2) is 30.6 Å². The highest BCUT2D eigenvalue weighted by molar-refractivity contribution is 5.97. The lowest BCUT2D eigenvalue weighted by Crippen LogP contribution is -2.30. The number of ether oxygens (including phenoxy) is 2. The minimum Gasteiger partial charge on any atom is -0.496 e. The Morgan fingerprint density at radius 3 is 2.65 bits per heavy atom. The van der Waals surface area contributed by atoms with E-state index in [1.54, 1.807) is 24.3 Å². The molecule has 0 saturated heterocycles. The molecule has 138 valence electrons. The highest BCUT2D eigenvalue weighted by Gasteiger charge is 2.23. The largest absolute Gasteiger partial charge is 0.496 e. The van der Waals surface area contributed by atoms with Crippen LogP contribution < -0.4 is 20.9 Å². The van der Waals surface area contributed by atoms with Gasteiger partial charge < -0.3 is 14.8 Å². The lowest BCUT2D eigenvalue weighted by atomic mass is 10.2. The van der Waals surface area contributed by atoms with E-state index >= 15 is 0 Å². The zero-order chi connectivity index (χ0) is 18.9. The van der Waals surface area contributed by atoms with E-state index in [2.05, 4.69) is 26.1 Å². The second-order valence-electron chi connectivity index (χ2n) is 4.88. The molecule has 0 bridgehead atoms. The van der Waals surface area contributed by atoms with Gasteiger partial charge in [-0.15, -0.1) is 0 Å². The number of hydrazine groups is 1. The van der Waals surface area contributed by atoms with Gasteiger partial charge in [0.25, 0.3) is 5.91 Å². The third-order valence-electron chi connectivity index (χ3n) is 3.25. The van der Waals surface area contributed by atoms with Gasteiger partial charge in [0.2, 0.25) is 11.6 Å². The van der Waals surface area contributed by atoms with Gasteiger partial charge in [0, 0.05) is 13.7 Å². The van der Waals surface area contributed by atoms with Crippen molar-refractivity contribution in [3.05, 3.63) is 46.3 Å². The summed E-state index contributed by atoms with van der Waals surface area (Å²) in [5.41, 5.74) is 4.68. The topological polar surface area (TPSA) is 141 Å². The van der Waals surface area contributed by atoms with Crippen LogP contribution in [-0.4, -0.2) is 48.2 Å². The number of carbonyl (C=O) groups is 1. The second-order valence-corrected chi connectivity index (χ2v) is 4.88. The molecule has 0 atom stereocenters. The van der Waals surface area contributed by atoms with E-state index in [9.17, 15) is 14.9 Å². The number of carbonyl (C=O) groups excluding carboxylic acids is 1. The number of nitrogens with one attached hydrogen (secondary N) is 3. The third-order valence-corrected chi connectivity index (χ3v) is 3.25. The molecule has 2 aromatic rings. The highest BCUT2D eigenvalue weighted by Crippen LogP contribution is 2.28. The molecule has 11 nitrogen and oxygen atoms in total. The predicted molar refractivity (Wildman–Crippen MR) is 93.1 cm³/mol. The second kappa shape index (κ2) is 9.13. The van der Waals surface area contributed by atoms with Gasteiger partial charge in [0.15, 0.2) is 0 Å². The molecule has 1 aromatic heterocycles.